The molecule has 0 saturated carbocycles. The van der Waals surface area contributed by atoms with Gasteiger partial charge in [-0.1, -0.05) is 11.6 Å². The topological polar surface area (TPSA) is 95.6 Å². The van der Waals surface area contributed by atoms with E-state index < -0.39 is 15.9 Å². The zero-order valence-electron chi connectivity index (χ0n) is 14.5. The maximum absolute atomic E-state index is 12.5. The largest absolute Gasteiger partial charge is 0.326 e. The molecule has 2 aromatic carbocycles. The molecule has 1 heterocycles. The van der Waals surface area contributed by atoms with E-state index in [4.69, 9.17) is 11.6 Å². The Morgan fingerprint density at radius 2 is 1.74 bits per heavy atom. The molecule has 1 atom stereocenters. The van der Waals surface area contributed by atoms with Crippen molar-refractivity contribution >= 4 is 44.8 Å². The van der Waals surface area contributed by atoms with Crippen molar-refractivity contribution in [2.24, 2.45) is 5.92 Å². The summed E-state index contributed by atoms with van der Waals surface area (Å²) in [6, 6.07) is 12.7. The van der Waals surface area contributed by atoms with Gasteiger partial charge in [-0.2, -0.15) is 0 Å². The van der Waals surface area contributed by atoms with Crippen molar-refractivity contribution < 1.29 is 18.0 Å². The molecule has 1 aliphatic heterocycles. The Morgan fingerprint density at radius 3 is 2.33 bits per heavy atom. The van der Waals surface area contributed by atoms with Crippen LogP contribution in [0, 0.1) is 5.92 Å². The van der Waals surface area contributed by atoms with Crippen molar-refractivity contribution in [2.75, 3.05) is 23.8 Å². The Hall–Kier alpha value is -2.42. The summed E-state index contributed by atoms with van der Waals surface area (Å²) in [6.45, 7) is 0.276. The SMILES string of the molecule is CNS(=O)(=O)c1ccc(NC(=O)[C@@H]2CC(=O)N(c3ccc(Cl)cc3)C2)cc1. The Bertz CT molecular complexity index is 959. The molecule has 142 valence electrons. The van der Waals surface area contributed by atoms with Crippen molar-refractivity contribution in [3.8, 4) is 0 Å². The number of amides is 2. The maximum Gasteiger partial charge on any atom is 0.240 e. The van der Waals surface area contributed by atoms with Crippen molar-refractivity contribution in [1.82, 2.24) is 4.72 Å². The lowest BCUT2D eigenvalue weighted by Crippen LogP contribution is -2.28. The van der Waals surface area contributed by atoms with Gasteiger partial charge in [0.05, 0.1) is 10.8 Å². The highest BCUT2D eigenvalue weighted by Crippen LogP contribution is 2.27. The van der Waals surface area contributed by atoms with E-state index in [0.29, 0.717) is 16.4 Å². The van der Waals surface area contributed by atoms with Crippen LogP contribution >= 0.6 is 11.6 Å². The smallest absolute Gasteiger partial charge is 0.240 e. The first-order chi connectivity index (χ1) is 12.8. The molecule has 1 aliphatic rings. The number of sulfonamides is 1. The van der Waals surface area contributed by atoms with Crippen LogP contribution in [-0.2, 0) is 19.6 Å². The van der Waals surface area contributed by atoms with Gasteiger partial charge < -0.3 is 10.2 Å². The van der Waals surface area contributed by atoms with E-state index in [0.717, 1.165) is 0 Å². The molecular formula is C18H18ClN3O4S. The highest BCUT2D eigenvalue weighted by molar-refractivity contribution is 7.89. The predicted molar refractivity (Wildman–Crippen MR) is 103 cm³/mol. The van der Waals surface area contributed by atoms with Gasteiger partial charge in [0.1, 0.15) is 0 Å². The van der Waals surface area contributed by atoms with Gasteiger partial charge in [-0.3, -0.25) is 9.59 Å². The molecule has 0 radical (unpaired) electrons. The first-order valence-corrected chi connectivity index (χ1v) is 10.1. The number of rotatable bonds is 5. The number of hydrogen-bond donors (Lipinski definition) is 2. The summed E-state index contributed by atoms with van der Waals surface area (Å²) in [5, 5.41) is 3.30. The number of halogens is 1. The molecule has 2 aromatic rings. The fourth-order valence-electron chi connectivity index (χ4n) is 2.83. The average molecular weight is 408 g/mol. The highest BCUT2D eigenvalue weighted by Gasteiger charge is 2.35. The van der Waals surface area contributed by atoms with Crippen LogP contribution in [0.5, 0.6) is 0 Å². The normalized spacial score (nSPS) is 17.2. The molecule has 2 N–H and O–H groups in total. The molecule has 0 bridgehead atoms. The summed E-state index contributed by atoms with van der Waals surface area (Å²) in [4.78, 5) is 26.4. The van der Waals surface area contributed by atoms with Crippen LogP contribution in [0.25, 0.3) is 0 Å². The fourth-order valence-corrected chi connectivity index (χ4v) is 3.69. The van der Waals surface area contributed by atoms with Crippen molar-refractivity contribution in [3.63, 3.8) is 0 Å². The number of hydrogen-bond acceptors (Lipinski definition) is 4. The van der Waals surface area contributed by atoms with Gasteiger partial charge in [0.2, 0.25) is 21.8 Å². The Morgan fingerprint density at radius 1 is 1.11 bits per heavy atom. The first kappa shape index (κ1) is 19.3. The van der Waals surface area contributed by atoms with E-state index >= 15 is 0 Å². The number of nitrogens with zero attached hydrogens (tertiary/aromatic N) is 1. The van der Waals surface area contributed by atoms with Gasteiger partial charge in [0.15, 0.2) is 0 Å². The average Bonchev–Trinajstić information content (AvgIpc) is 3.05. The molecular weight excluding hydrogens is 390 g/mol. The molecule has 0 aromatic heterocycles. The summed E-state index contributed by atoms with van der Waals surface area (Å²) in [5.41, 5.74) is 1.16. The minimum absolute atomic E-state index is 0.105. The molecule has 7 nitrogen and oxygen atoms in total. The van der Waals surface area contributed by atoms with Crippen LogP contribution in [0.15, 0.2) is 53.4 Å². The zero-order valence-corrected chi connectivity index (χ0v) is 16.0. The molecule has 9 heteroatoms. The second-order valence-electron chi connectivity index (χ2n) is 6.10. The molecule has 27 heavy (non-hydrogen) atoms. The van der Waals surface area contributed by atoms with Crippen molar-refractivity contribution in [2.45, 2.75) is 11.3 Å². The minimum atomic E-state index is -3.53. The predicted octanol–water partition coefficient (Wildman–Crippen LogP) is 2.24. The van der Waals surface area contributed by atoms with E-state index in [2.05, 4.69) is 10.0 Å². The van der Waals surface area contributed by atoms with Crippen LogP contribution in [0.4, 0.5) is 11.4 Å². The summed E-state index contributed by atoms with van der Waals surface area (Å²) >= 11 is 5.86. The molecule has 1 fully saturated rings. The van der Waals surface area contributed by atoms with Crippen molar-refractivity contribution in [3.05, 3.63) is 53.6 Å². The zero-order chi connectivity index (χ0) is 19.6. The van der Waals surface area contributed by atoms with Crippen LogP contribution in [-0.4, -0.2) is 33.8 Å². The second kappa shape index (κ2) is 7.67. The first-order valence-electron chi connectivity index (χ1n) is 8.20. The van der Waals surface area contributed by atoms with Crippen LogP contribution in [0.1, 0.15) is 6.42 Å². The highest BCUT2D eigenvalue weighted by atomic mass is 35.5. The lowest BCUT2D eigenvalue weighted by Gasteiger charge is -2.16. The van der Waals surface area contributed by atoms with Crippen LogP contribution in [0.3, 0.4) is 0 Å². The monoisotopic (exact) mass is 407 g/mol. The van der Waals surface area contributed by atoms with Gasteiger partial charge in [-0.25, -0.2) is 13.1 Å². The molecule has 1 saturated heterocycles. The lowest BCUT2D eigenvalue weighted by atomic mass is 10.1. The number of benzene rings is 2. The summed E-state index contributed by atoms with van der Waals surface area (Å²) in [5.74, 6) is -0.911. The lowest BCUT2D eigenvalue weighted by molar-refractivity contribution is -0.122. The maximum atomic E-state index is 12.5. The minimum Gasteiger partial charge on any atom is -0.326 e. The van der Waals surface area contributed by atoms with E-state index in [1.807, 2.05) is 0 Å². The fraction of sp³-hybridized carbons (Fsp3) is 0.222. The van der Waals surface area contributed by atoms with Crippen LogP contribution in [0.2, 0.25) is 5.02 Å². The van der Waals surface area contributed by atoms with Gasteiger partial charge in [-0.15, -0.1) is 0 Å². The Balaban J connectivity index is 1.66. The molecule has 0 aliphatic carbocycles. The van der Waals surface area contributed by atoms with E-state index in [1.165, 1.54) is 31.3 Å². The second-order valence-corrected chi connectivity index (χ2v) is 8.43. The standard InChI is InChI=1S/C18H18ClN3O4S/c1-20-27(25,26)16-8-4-14(5-9-16)21-18(24)12-10-17(23)22(11-12)15-6-2-13(19)3-7-15/h2-9,12,20H,10-11H2,1H3,(H,21,24)/t12-/m1/s1. The number of carbonyl (C=O) groups excluding carboxylic acids is 2. The molecule has 3 rings (SSSR count). The third-order valence-corrected chi connectivity index (χ3v) is 6.02. The number of anilines is 2. The third kappa shape index (κ3) is 4.29. The van der Waals surface area contributed by atoms with Gasteiger partial charge in [0.25, 0.3) is 0 Å². The third-order valence-electron chi connectivity index (χ3n) is 4.34. The van der Waals surface area contributed by atoms with E-state index in [1.54, 1.807) is 29.2 Å². The van der Waals surface area contributed by atoms with Crippen LogP contribution < -0.4 is 14.9 Å². The van der Waals surface area contributed by atoms with Gasteiger partial charge >= 0.3 is 0 Å². The Labute approximate surface area is 162 Å². The van der Waals surface area contributed by atoms with Crippen molar-refractivity contribution in [1.29, 1.82) is 0 Å². The Kier molecular flexibility index (Phi) is 5.50. The quantitative estimate of drug-likeness (QED) is 0.794. The van der Waals surface area contributed by atoms with Gasteiger partial charge in [0, 0.05) is 29.4 Å². The number of carbonyl (C=O) groups is 2. The van der Waals surface area contributed by atoms with E-state index in [-0.39, 0.29) is 29.7 Å². The molecule has 2 amide bonds. The summed E-state index contributed by atoms with van der Waals surface area (Å²) < 4.78 is 25.7. The number of nitrogens with one attached hydrogen (secondary N) is 2. The summed E-state index contributed by atoms with van der Waals surface area (Å²) in [6.07, 6.45) is 0.112. The van der Waals surface area contributed by atoms with Gasteiger partial charge in [-0.05, 0) is 55.6 Å². The molecule has 0 spiro atoms. The summed E-state index contributed by atoms with van der Waals surface area (Å²) in [7, 11) is -2.20. The molecule has 0 unspecified atom stereocenters. The van der Waals surface area contributed by atoms with E-state index in [9.17, 15) is 18.0 Å².